The van der Waals surface area contributed by atoms with E-state index < -0.39 is 18.2 Å². The minimum absolute atomic E-state index is 0.0543. The number of nitrogens with zero attached hydrogens (tertiary/aromatic N) is 3. The number of rotatable bonds is 12. The normalized spacial score (nSPS) is 26.1. The Morgan fingerprint density at radius 3 is 2.83 bits per heavy atom. The van der Waals surface area contributed by atoms with Gasteiger partial charge in [0.1, 0.15) is 0 Å². The van der Waals surface area contributed by atoms with Crippen molar-refractivity contribution in [1.29, 1.82) is 0 Å². The number of hydrogen-bond donors (Lipinski definition) is 3. The van der Waals surface area contributed by atoms with Gasteiger partial charge in [0.2, 0.25) is 0 Å². The Hall–Kier alpha value is -2.26. The van der Waals surface area contributed by atoms with E-state index in [0.717, 1.165) is 12.8 Å². The van der Waals surface area contributed by atoms with Crippen molar-refractivity contribution in [1.82, 2.24) is 0 Å². The Balaban J connectivity index is 2.72. The molecule has 0 bridgehead atoms. The van der Waals surface area contributed by atoms with Crippen LogP contribution in [0.1, 0.15) is 58.8 Å². The summed E-state index contributed by atoms with van der Waals surface area (Å²) in [6, 6.07) is -0.303. The first-order valence-corrected chi connectivity index (χ1v) is 10.3. The topological polar surface area (TPSA) is 127 Å². The summed E-state index contributed by atoms with van der Waals surface area (Å²) in [6.07, 6.45) is 10.2. The highest BCUT2D eigenvalue weighted by Crippen LogP contribution is 2.38. The molecule has 0 aromatic carbocycles. The van der Waals surface area contributed by atoms with Crippen LogP contribution in [-0.4, -0.2) is 39.5 Å². The molecule has 29 heavy (non-hydrogen) atoms. The molecule has 0 saturated heterocycles. The molecule has 3 N–H and O–H groups in total. The maximum Gasteiger partial charge on any atom is 0.303 e. The average Bonchev–Trinajstić information content (AvgIpc) is 2.97. The predicted octanol–water partition coefficient (Wildman–Crippen LogP) is 4.22. The molecule has 0 spiro atoms. The number of unbranched alkanes of at least 4 members (excludes halogenated alkanes) is 1. The van der Waals surface area contributed by atoms with Crippen molar-refractivity contribution in [3.05, 3.63) is 34.7 Å². The number of azide groups is 1. The number of carboxylic acids is 1. The summed E-state index contributed by atoms with van der Waals surface area (Å²) < 4.78 is 0. The Labute approximate surface area is 173 Å². The van der Waals surface area contributed by atoms with Crippen molar-refractivity contribution in [2.24, 2.45) is 22.9 Å². The van der Waals surface area contributed by atoms with Gasteiger partial charge in [-0.05, 0) is 56.4 Å². The highest BCUT2D eigenvalue weighted by molar-refractivity contribution is 5.66. The molecule has 1 saturated carbocycles. The molecule has 0 aromatic rings. The highest BCUT2D eigenvalue weighted by atomic mass is 16.4. The molecule has 0 radical (unpaired) electrons. The van der Waals surface area contributed by atoms with Crippen LogP contribution < -0.4 is 0 Å². The maximum absolute atomic E-state index is 10.6. The van der Waals surface area contributed by atoms with Crippen LogP contribution >= 0.6 is 0 Å². The van der Waals surface area contributed by atoms with Crippen molar-refractivity contribution in [2.75, 3.05) is 0 Å². The lowest BCUT2D eigenvalue weighted by atomic mass is 9.88. The zero-order valence-electron chi connectivity index (χ0n) is 17.3. The Bertz CT molecular complexity index is 673. The van der Waals surface area contributed by atoms with Crippen LogP contribution in [0.2, 0.25) is 0 Å². The molecule has 7 nitrogen and oxygen atoms in total. The van der Waals surface area contributed by atoms with Gasteiger partial charge >= 0.3 is 5.97 Å². The van der Waals surface area contributed by atoms with E-state index in [1.807, 2.05) is 25.2 Å². The maximum atomic E-state index is 10.6. The van der Waals surface area contributed by atoms with Crippen molar-refractivity contribution in [3.63, 3.8) is 0 Å². The largest absolute Gasteiger partial charge is 0.481 e. The van der Waals surface area contributed by atoms with E-state index in [1.54, 1.807) is 13.0 Å². The fourth-order valence-corrected chi connectivity index (χ4v) is 3.68. The molecule has 0 aromatic heterocycles. The number of aliphatic carboxylic acids is 1. The Morgan fingerprint density at radius 2 is 2.17 bits per heavy atom. The molecule has 1 unspecified atom stereocenters. The van der Waals surface area contributed by atoms with Crippen LogP contribution in [-0.2, 0) is 4.79 Å². The third-order valence-corrected chi connectivity index (χ3v) is 5.47. The van der Waals surface area contributed by atoms with E-state index in [2.05, 4.69) is 21.9 Å². The van der Waals surface area contributed by atoms with Gasteiger partial charge in [0, 0.05) is 29.7 Å². The van der Waals surface area contributed by atoms with Crippen molar-refractivity contribution >= 4 is 5.97 Å². The molecule has 6 atom stereocenters. The molecular weight excluding hydrogens is 370 g/mol. The second-order valence-corrected chi connectivity index (χ2v) is 7.63. The van der Waals surface area contributed by atoms with Gasteiger partial charge in [-0.15, -0.1) is 11.8 Å². The second-order valence-electron chi connectivity index (χ2n) is 7.63. The summed E-state index contributed by atoms with van der Waals surface area (Å²) in [4.78, 5) is 13.5. The van der Waals surface area contributed by atoms with Crippen molar-refractivity contribution in [3.8, 4) is 11.8 Å². The van der Waals surface area contributed by atoms with Gasteiger partial charge in [-0.25, -0.2) is 0 Å². The van der Waals surface area contributed by atoms with E-state index in [0.29, 0.717) is 25.7 Å². The highest BCUT2D eigenvalue weighted by Gasteiger charge is 2.40. The summed E-state index contributed by atoms with van der Waals surface area (Å²) in [5, 5.41) is 33.4. The number of aliphatic hydroxyl groups excluding tert-OH is 2. The lowest BCUT2D eigenvalue weighted by molar-refractivity contribution is -0.137. The number of carbonyl (C=O) groups is 1. The van der Waals surface area contributed by atoms with Crippen LogP contribution in [0.5, 0.6) is 0 Å². The van der Waals surface area contributed by atoms with Gasteiger partial charge in [-0.2, -0.15) is 0 Å². The quantitative estimate of drug-likeness (QED) is 0.113. The monoisotopic (exact) mass is 403 g/mol. The van der Waals surface area contributed by atoms with Gasteiger partial charge in [0.05, 0.1) is 12.2 Å². The standard InChI is InChI=1S/C22H33N3O4/c1-3-4-7-10-16(2)20(26)14-13-18-17(19(24-25-23)15-21(18)27)11-8-5-6-9-12-22(28)29/h5,8,13-14,16-21,26-27H,6-7,9-12,15H2,1-2H3,(H,28,29)/b8-5-,14-13+/t16?,17-,18-,19+,20-,21-/m1/s1. The van der Waals surface area contributed by atoms with Crippen LogP contribution in [0, 0.1) is 29.6 Å². The van der Waals surface area contributed by atoms with Gasteiger partial charge in [-0.1, -0.05) is 36.3 Å². The SMILES string of the molecule is CC#CCCC(C)[C@H](O)/C=C/[C@@H]1[C@@H](C/C=C\CCCC(=O)O)[C@@H](N=[N+]=[N-])C[C@H]1O. The smallest absolute Gasteiger partial charge is 0.303 e. The zero-order chi connectivity index (χ0) is 21.6. The lowest BCUT2D eigenvalue weighted by Crippen LogP contribution is -2.21. The van der Waals surface area contributed by atoms with Crippen LogP contribution in [0.15, 0.2) is 29.4 Å². The summed E-state index contributed by atoms with van der Waals surface area (Å²) in [5.74, 6) is 4.84. The Kier molecular flexibility index (Phi) is 11.8. The van der Waals surface area contributed by atoms with Crippen LogP contribution in [0.3, 0.4) is 0 Å². The van der Waals surface area contributed by atoms with E-state index in [4.69, 9.17) is 10.6 Å². The van der Waals surface area contributed by atoms with Gasteiger partial charge in [0.25, 0.3) is 0 Å². The van der Waals surface area contributed by atoms with E-state index in [1.165, 1.54) is 0 Å². The number of hydrogen-bond acceptors (Lipinski definition) is 4. The molecule has 160 valence electrons. The summed E-state index contributed by atoms with van der Waals surface area (Å²) in [5.41, 5.74) is 8.84. The van der Waals surface area contributed by atoms with Crippen LogP contribution in [0.25, 0.3) is 10.4 Å². The van der Waals surface area contributed by atoms with Gasteiger partial charge in [0.15, 0.2) is 0 Å². The van der Waals surface area contributed by atoms with E-state index in [-0.39, 0.29) is 30.2 Å². The fraction of sp³-hybridized carbons (Fsp3) is 0.682. The van der Waals surface area contributed by atoms with Crippen LogP contribution in [0.4, 0.5) is 0 Å². The van der Waals surface area contributed by atoms with Gasteiger partial charge < -0.3 is 15.3 Å². The third kappa shape index (κ3) is 9.19. The minimum Gasteiger partial charge on any atom is -0.481 e. The van der Waals surface area contributed by atoms with Crippen molar-refractivity contribution < 1.29 is 20.1 Å². The average molecular weight is 404 g/mol. The summed E-state index contributed by atoms with van der Waals surface area (Å²) in [6.45, 7) is 3.76. The third-order valence-electron chi connectivity index (χ3n) is 5.47. The summed E-state index contributed by atoms with van der Waals surface area (Å²) in [7, 11) is 0. The lowest BCUT2D eigenvalue weighted by Gasteiger charge is -2.21. The number of carboxylic acid groups (broad SMARTS) is 1. The molecule has 0 aliphatic heterocycles. The van der Waals surface area contributed by atoms with E-state index >= 15 is 0 Å². The number of aliphatic hydroxyl groups is 2. The molecule has 1 aliphatic carbocycles. The molecule has 1 fully saturated rings. The van der Waals surface area contributed by atoms with Gasteiger partial charge in [-0.3, -0.25) is 4.79 Å². The molecule has 0 amide bonds. The minimum atomic E-state index is -0.805. The summed E-state index contributed by atoms with van der Waals surface area (Å²) >= 11 is 0. The molecule has 7 heteroatoms. The molecule has 1 rings (SSSR count). The molecule has 1 aliphatic rings. The van der Waals surface area contributed by atoms with Crippen molar-refractivity contribution in [2.45, 2.75) is 77.0 Å². The second kappa shape index (κ2) is 13.8. The number of allylic oxidation sites excluding steroid dienone is 2. The first-order valence-electron chi connectivity index (χ1n) is 10.3. The zero-order valence-corrected chi connectivity index (χ0v) is 17.3. The molecular formula is C22H33N3O4. The molecule has 0 heterocycles. The fourth-order valence-electron chi connectivity index (χ4n) is 3.68. The Morgan fingerprint density at radius 1 is 1.41 bits per heavy atom. The first kappa shape index (κ1) is 24.8. The predicted molar refractivity (Wildman–Crippen MR) is 113 cm³/mol. The first-order chi connectivity index (χ1) is 13.9. The van der Waals surface area contributed by atoms with E-state index in [9.17, 15) is 15.0 Å².